The Bertz CT molecular complexity index is 1230. The van der Waals surface area contributed by atoms with Gasteiger partial charge in [0, 0.05) is 13.1 Å². The lowest BCUT2D eigenvalue weighted by Gasteiger charge is -2.45. The van der Waals surface area contributed by atoms with E-state index in [4.69, 9.17) is 4.74 Å². The Kier molecular flexibility index (Phi) is 9.41. The average Bonchev–Trinajstić information content (AvgIpc) is 2.94. The fourth-order valence-corrected chi connectivity index (χ4v) is 5.47. The summed E-state index contributed by atoms with van der Waals surface area (Å²) in [5.74, 6) is -0.273. The van der Waals surface area contributed by atoms with Crippen LogP contribution in [-0.2, 0) is 32.8 Å². The van der Waals surface area contributed by atoms with Gasteiger partial charge in [-0.3, -0.25) is 4.79 Å². The van der Waals surface area contributed by atoms with Crippen LogP contribution >= 0.6 is 0 Å². The van der Waals surface area contributed by atoms with E-state index < -0.39 is 12.0 Å². The number of carbonyl (C=O) groups excluding carboxylic acids is 2. The van der Waals surface area contributed by atoms with E-state index in [9.17, 15) is 14.7 Å². The summed E-state index contributed by atoms with van der Waals surface area (Å²) in [4.78, 5) is 28.5. The van der Waals surface area contributed by atoms with Gasteiger partial charge in [-0.1, -0.05) is 86.6 Å². The molecule has 3 aromatic rings. The Morgan fingerprint density at radius 1 is 1.03 bits per heavy atom. The van der Waals surface area contributed by atoms with Crippen molar-refractivity contribution >= 4 is 11.9 Å². The van der Waals surface area contributed by atoms with E-state index in [-0.39, 0.29) is 23.8 Å². The molecule has 0 aliphatic carbocycles. The molecule has 6 heteroatoms. The minimum atomic E-state index is -0.742. The fraction of sp³-hybridized carbons (Fsp3) is 0.394. The van der Waals surface area contributed by atoms with Crippen LogP contribution in [0.2, 0.25) is 0 Å². The molecule has 1 aliphatic rings. The number of amides is 1. The Balaban J connectivity index is 1.40. The monoisotopic (exact) mass is 528 g/mol. The van der Waals surface area contributed by atoms with E-state index >= 15 is 0 Å². The highest BCUT2D eigenvalue weighted by atomic mass is 16.5. The van der Waals surface area contributed by atoms with Gasteiger partial charge in [-0.15, -0.1) is 0 Å². The van der Waals surface area contributed by atoms with Crippen molar-refractivity contribution < 1.29 is 19.4 Å². The number of nitrogens with zero attached hydrogens (tertiary/aromatic N) is 1. The van der Waals surface area contributed by atoms with Crippen LogP contribution in [0.4, 0.5) is 0 Å². The lowest BCUT2D eigenvalue weighted by molar-refractivity contribution is -0.149. The van der Waals surface area contributed by atoms with Gasteiger partial charge in [0.2, 0.25) is 5.91 Å². The van der Waals surface area contributed by atoms with Crippen molar-refractivity contribution in [3.8, 4) is 5.75 Å². The number of benzene rings is 3. The molecule has 4 rings (SSSR count). The molecular weight excluding hydrogens is 488 g/mol. The number of esters is 1. The van der Waals surface area contributed by atoms with E-state index in [0.717, 1.165) is 36.2 Å². The second-order valence-electron chi connectivity index (χ2n) is 11.1. The van der Waals surface area contributed by atoms with Gasteiger partial charge < -0.3 is 20.1 Å². The summed E-state index contributed by atoms with van der Waals surface area (Å²) in [6.07, 6.45) is 1.52. The predicted octanol–water partition coefficient (Wildman–Crippen LogP) is 5.10. The zero-order valence-corrected chi connectivity index (χ0v) is 23.2. The van der Waals surface area contributed by atoms with Gasteiger partial charge in [-0.25, -0.2) is 4.79 Å². The fourth-order valence-electron chi connectivity index (χ4n) is 5.47. The summed E-state index contributed by atoms with van der Waals surface area (Å²) in [6, 6.07) is 26.4. The van der Waals surface area contributed by atoms with Crippen molar-refractivity contribution in [1.29, 1.82) is 0 Å². The van der Waals surface area contributed by atoms with Crippen LogP contribution in [0.15, 0.2) is 84.9 Å². The molecule has 206 valence electrons. The first-order valence-corrected chi connectivity index (χ1v) is 13.8. The van der Waals surface area contributed by atoms with Crippen molar-refractivity contribution in [3.63, 3.8) is 0 Å². The largest absolute Gasteiger partial charge is 0.508 e. The number of carbonyl (C=O) groups is 2. The van der Waals surface area contributed by atoms with Crippen LogP contribution in [0.3, 0.4) is 0 Å². The van der Waals surface area contributed by atoms with Crippen LogP contribution in [0.25, 0.3) is 0 Å². The summed E-state index contributed by atoms with van der Waals surface area (Å²) in [5.41, 5.74) is 3.09. The van der Waals surface area contributed by atoms with Gasteiger partial charge in [0.1, 0.15) is 18.4 Å². The molecule has 0 aromatic heterocycles. The van der Waals surface area contributed by atoms with Crippen molar-refractivity contribution in [2.75, 3.05) is 19.6 Å². The van der Waals surface area contributed by atoms with Crippen LogP contribution in [0.5, 0.6) is 5.75 Å². The number of hydrogen-bond acceptors (Lipinski definition) is 5. The molecule has 0 spiro atoms. The third-order valence-corrected chi connectivity index (χ3v) is 8.18. The average molecular weight is 529 g/mol. The minimum absolute atomic E-state index is 0.0521. The number of aromatic hydroxyl groups is 1. The normalized spacial score (nSPS) is 21.1. The molecular formula is C33H40N2O4. The van der Waals surface area contributed by atoms with Crippen molar-refractivity contribution in [2.24, 2.45) is 11.8 Å². The van der Waals surface area contributed by atoms with Crippen LogP contribution < -0.4 is 5.32 Å². The summed E-state index contributed by atoms with van der Waals surface area (Å²) in [5, 5.41) is 12.9. The molecule has 2 N–H and O–H groups in total. The lowest BCUT2D eigenvalue weighted by atomic mass is 9.68. The molecule has 0 saturated carbocycles. The Morgan fingerprint density at radius 2 is 1.69 bits per heavy atom. The molecule has 1 saturated heterocycles. The number of rotatable bonds is 10. The number of piperidine rings is 1. The number of hydrogen-bond donors (Lipinski definition) is 2. The molecule has 1 aliphatic heterocycles. The van der Waals surface area contributed by atoms with Gasteiger partial charge in [-0.05, 0) is 66.5 Å². The van der Waals surface area contributed by atoms with Crippen molar-refractivity contribution in [3.05, 3.63) is 102 Å². The number of phenolic OH excluding ortho intramolecular Hbond substituents is 1. The first-order valence-electron chi connectivity index (χ1n) is 13.8. The SMILES string of the molecule is CC(NC(=O)C(Cc1ccccc1)CN1CCC(C)(c2cccc(O)c2)C(C)C1)C(=O)OCc1ccccc1. The highest BCUT2D eigenvalue weighted by Gasteiger charge is 2.39. The maximum Gasteiger partial charge on any atom is 0.328 e. The lowest BCUT2D eigenvalue weighted by Crippen LogP contribution is -2.51. The van der Waals surface area contributed by atoms with Gasteiger partial charge in [-0.2, -0.15) is 0 Å². The van der Waals surface area contributed by atoms with Gasteiger partial charge in [0.15, 0.2) is 0 Å². The number of ether oxygens (including phenoxy) is 1. The predicted molar refractivity (Wildman–Crippen MR) is 153 cm³/mol. The zero-order valence-electron chi connectivity index (χ0n) is 23.2. The molecule has 3 aromatic carbocycles. The Labute approximate surface area is 232 Å². The van der Waals surface area contributed by atoms with Gasteiger partial charge in [0.05, 0.1) is 5.92 Å². The Hall–Kier alpha value is -3.64. The van der Waals surface area contributed by atoms with E-state index in [0.29, 0.717) is 24.6 Å². The maximum absolute atomic E-state index is 13.5. The van der Waals surface area contributed by atoms with Gasteiger partial charge >= 0.3 is 5.97 Å². The molecule has 4 atom stereocenters. The second kappa shape index (κ2) is 12.9. The summed E-state index contributed by atoms with van der Waals surface area (Å²) in [7, 11) is 0. The minimum Gasteiger partial charge on any atom is -0.508 e. The molecule has 0 bridgehead atoms. The first-order chi connectivity index (χ1) is 18.7. The summed E-state index contributed by atoms with van der Waals surface area (Å²) >= 11 is 0. The zero-order chi connectivity index (χ0) is 27.8. The second-order valence-corrected chi connectivity index (χ2v) is 11.1. The third kappa shape index (κ3) is 7.48. The van der Waals surface area contributed by atoms with Crippen LogP contribution in [-0.4, -0.2) is 47.6 Å². The molecule has 1 fully saturated rings. The summed E-state index contributed by atoms with van der Waals surface area (Å²) < 4.78 is 5.44. The van der Waals surface area contributed by atoms with Crippen molar-refractivity contribution in [1.82, 2.24) is 10.2 Å². The Morgan fingerprint density at radius 3 is 2.33 bits per heavy atom. The topological polar surface area (TPSA) is 78.9 Å². The maximum atomic E-state index is 13.5. The quantitative estimate of drug-likeness (QED) is 0.358. The standard InChI is InChI=1S/C33H40N2O4/c1-24-21-35(18-17-33(24,3)29-15-10-16-30(36)20-29)22-28(19-26-11-6-4-7-12-26)31(37)34-25(2)32(38)39-23-27-13-8-5-9-14-27/h4-16,20,24-25,28,36H,17-19,21-23H2,1-3H3,(H,34,37). The molecule has 39 heavy (non-hydrogen) atoms. The highest BCUT2D eigenvalue weighted by molar-refractivity contribution is 5.85. The first kappa shape index (κ1) is 28.4. The smallest absolute Gasteiger partial charge is 0.328 e. The van der Waals surface area contributed by atoms with E-state index in [1.807, 2.05) is 72.8 Å². The highest BCUT2D eigenvalue weighted by Crippen LogP contribution is 2.40. The molecule has 0 radical (unpaired) electrons. The number of phenols is 1. The van der Waals surface area contributed by atoms with Crippen LogP contribution in [0.1, 0.15) is 43.9 Å². The molecule has 1 amide bonds. The van der Waals surface area contributed by atoms with E-state index in [1.165, 1.54) is 0 Å². The molecule has 1 heterocycles. The van der Waals surface area contributed by atoms with E-state index in [2.05, 4.69) is 30.1 Å². The van der Waals surface area contributed by atoms with Crippen molar-refractivity contribution in [2.45, 2.75) is 51.7 Å². The summed E-state index contributed by atoms with van der Waals surface area (Å²) in [6.45, 7) is 8.66. The molecule has 6 nitrogen and oxygen atoms in total. The third-order valence-electron chi connectivity index (χ3n) is 8.18. The number of nitrogens with one attached hydrogen (secondary N) is 1. The van der Waals surface area contributed by atoms with E-state index in [1.54, 1.807) is 13.0 Å². The molecule has 4 unspecified atom stereocenters. The van der Waals surface area contributed by atoms with Crippen LogP contribution in [0, 0.1) is 11.8 Å². The number of likely N-dealkylation sites (tertiary alicyclic amines) is 1. The van der Waals surface area contributed by atoms with Gasteiger partial charge in [0.25, 0.3) is 0 Å².